The summed E-state index contributed by atoms with van der Waals surface area (Å²) in [5.41, 5.74) is -0.289. The van der Waals surface area contributed by atoms with E-state index in [1.807, 2.05) is 0 Å². The molecule has 0 spiro atoms. The van der Waals surface area contributed by atoms with E-state index >= 15 is 0 Å². The molecule has 1 aromatic carbocycles. The van der Waals surface area contributed by atoms with Crippen LogP contribution < -0.4 is 0 Å². The summed E-state index contributed by atoms with van der Waals surface area (Å²) < 4.78 is 0. The zero-order valence-corrected chi connectivity index (χ0v) is 18.8. The average Bonchev–Trinajstić information content (AvgIpc) is 3.26. The summed E-state index contributed by atoms with van der Waals surface area (Å²) in [5, 5.41) is 43.5. The molecule has 1 atom stereocenters. The van der Waals surface area contributed by atoms with E-state index in [9.17, 15) is 9.59 Å². The van der Waals surface area contributed by atoms with E-state index in [0.29, 0.717) is 6.42 Å². The first-order chi connectivity index (χ1) is 15.3. The van der Waals surface area contributed by atoms with Crippen molar-refractivity contribution in [1.29, 1.82) is 0 Å². The predicted octanol–water partition coefficient (Wildman–Crippen LogP) is 6.22. The Labute approximate surface area is 190 Å². The average molecular weight is 451 g/mol. The van der Waals surface area contributed by atoms with Crippen LogP contribution in [0.4, 0.5) is 0 Å². The van der Waals surface area contributed by atoms with Gasteiger partial charge in [0, 0.05) is 6.42 Å². The van der Waals surface area contributed by atoms with Gasteiger partial charge in [-0.1, -0.05) is 69.9 Å². The molecule has 5 N–H and O–H groups in total. The Morgan fingerprint density at radius 1 is 0.781 bits per heavy atom. The third-order valence-electron chi connectivity index (χ3n) is 5.64. The number of aromatic carboxylic acids is 1. The number of benzene rings is 1. The molecule has 7 nitrogen and oxygen atoms in total. The van der Waals surface area contributed by atoms with Crippen molar-refractivity contribution in [3.05, 3.63) is 29.8 Å². The van der Waals surface area contributed by atoms with Crippen molar-refractivity contribution in [2.75, 3.05) is 0 Å². The van der Waals surface area contributed by atoms with E-state index in [1.165, 1.54) is 70.6 Å². The number of unbranched alkanes of at least 4 members (excludes halogenated alkanes) is 9. The monoisotopic (exact) mass is 450 g/mol. The predicted molar refractivity (Wildman–Crippen MR) is 123 cm³/mol. The summed E-state index contributed by atoms with van der Waals surface area (Å²) in [6, 6.07) is 1.69. The normalized spacial score (nSPS) is 14.7. The minimum atomic E-state index is -1.29. The molecule has 0 amide bonds. The maximum absolute atomic E-state index is 10.3. The van der Waals surface area contributed by atoms with Gasteiger partial charge >= 0.3 is 11.9 Å². The van der Waals surface area contributed by atoms with E-state index in [0.717, 1.165) is 30.9 Å². The van der Waals surface area contributed by atoms with Gasteiger partial charge in [0.2, 0.25) is 0 Å². The van der Waals surface area contributed by atoms with Gasteiger partial charge < -0.3 is 25.5 Å². The van der Waals surface area contributed by atoms with Gasteiger partial charge in [0.05, 0.1) is 5.56 Å². The molecule has 0 aliphatic heterocycles. The van der Waals surface area contributed by atoms with Gasteiger partial charge in [0.15, 0.2) is 17.2 Å². The lowest BCUT2D eigenvalue weighted by atomic mass is 9.99. The molecule has 1 aliphatic carbocycles. The highest BCUT2D eigenvalue weighted by atomic mass is 16.4. The minimum absolute atomic E-state index is 0.289. The van der Waals surface area contributed by atoms with E-state index in [4.69, 9.17) is 25.5 Å². The van der Waals surface area contributed by atoms with Crippen LogP contribution in [0.3, 0.4) is 0 Å². The quantitative estimate of drug-likeness (QED) is 0.129. The number of phenols is 3. The van der Waals surface area contributed by atoms with Crippen LogP contribution in [-0.4, -0.2) is 37.5 Å². The van der Waals surface area contributed by atoms with Crippen molar-refractivity contribution < 1.29 is 35.1 Å². The molecule has 0 fully saturated rings. The Kier molecular flexibility index (Phi) is 13.7. The molecular formula is C25H38O7. The maximum atomic E-state index is 10.3. The number of carboxylic acid groups (broad SMARTS) is 2. The zero-order valence-electron chi connectivity index (χ0n) is 18.8. The minimum Gasteiger partial charge on any atom is -0.504 e. The van der Waals surface area contributed by atoms with Crippen molar-refractivity contribution in [3.63, 3.8) is 0 Å². The Balaban J connectivity index is 0.000000363. The number of carboxylic acids is 2. The molecule has 0 saturated carbocycles. The Morgan fingerprint density at radius 2 is 1.28 bits per heavy atom. The lowest BCUT2D eigenvalue weighted by Crippen LogP contribution is -1.95. The summed E-state index contributed by atoms with van der Waals surface area (Å²) in [6.45, 7) is 0. The molecule has 1 aromatic rings. The third-order valence-corrected chi connectivity index (χ3v) is 5.64. The first-order valence-electron chi connectivity index (χ1n) is 11.7. The van der Waals surface area contributed by atoms with E-state index < -0.39 is 29.2 Å². The maximum Gasteiger partial charge on any atom is 0.335 e. The number of aliphatic carboxylic acids is 1. The first-order valence-corrected chi connectivity index (χ1v) is 11.7. The van der Waals surface area contributed by atoms with Crippen LogP contribution >= 0.6 is 0 Å². The number of allylic oxidation sites excluding steroid dienone is 2. The molecule has 1 aliphatic rings. The summed E-state index contributed by atoms with van der Waals surface area (Å²) in [6.07, 6.45) is 21.9. The van der Waals surface area contributed by atoms with Crippen molar-refractivity contribution in [1.82, 2.24) is 0 Å². The number of hydrogen-bond acceptors (Lipinski definition) is 5. The standard InChI is InChI=1S/C18H32O2.C7H6O5/c19-18(20)16-10-8-6-4-2-1-3-5-7-9-13-17-14-11-12-15-17;8-4-1-3(7(11)12)2-5(9)6(4)10/h11,14,17H,1-10,12-13,15-16H2,(H,19,20);1-2,8-10H,(H,11,12). The van der Waals surface area contributed by atoms with Gasteiger partial charge in [-0.3, -0.25) is 4.79 Å². The van der Waals surface area contributed by atoms with Gasteiger partial charge in [0.25, 0.3) is 0 Å². The van der Waals surface area contributed by atoms with Crippen molar-refractivity contribution in [2.24, 2.45) is 5.92 Å². The molecular weight excluding hydrogens is 412 g/mol. The molecule has 180 valence electrons. The fourth-order valence-electron chi connectivity index (χ4n) is 3.76. The van der Waals surface area contributed by atoms with Crippen LogP contribution in [0.15, 0.2) is 24.3 Å². The SMILES string of the molecule is O=C(O)CCCCCCCCCCCCC1C=CCC1.O=C(O)c1cc(O)c(O)c(O)c1. The molecule has 0 bridgehead atoms. The zero-order chi connectivity index (χ0) is 23.8. The molecule has 7 heteroatoms. The van der Waals surface area contributed by atoms with Crippen molar-refractivity contribution in [2.45, 2.75) is 89.9 Å². The number of hydrogen-bond donors (Lipinski definition) is 5. The van der Waals surface area contributed by atoms with Crippen LogP contribution in [0.25, 0.3) is 0 Å². The second kappa shape index (κ2) is 16.0. The summed E-state index contributed by atoms with van der Waals surface area (Å²) >= 11 is 0. The molecule has 0 aromatic heterocycles. The number of phenolic OH excluding ortho intramolecular Hbond substituents is 3. The van der Waals surface area contributed by atoms with Crippen molar-refractivity contribution >= 4 is 11.9 Å². The molecule has 0 radical (unpaired) electrons. The van der Waals surface area contributed by atoms with Crippen LogP contribution in [0.1, 0.15) is 100 Å². The Hall–Kier alpha value is -2.70. The van der Waals surface area contributed by atoms with Crippen LogP contribution in [0, 0.1) is 5.92 Å². The molecule has 2 rings (SSSR count). The third kappa shape index (κ3) is 12.2. The Bertz CT molecular complexity index is 704. The highest BCUT2D eigenvalue weighted by Gasteiger charge is 2.11. The van der Waals surface area contributed by atoms with Gasteiger partial charge in [-0.25, -0.2) is 4.79 Å². The fourth-order valence-corrected chi connectivity index (χ4v) is 3.76. The summed E-state index contributed by atoms with van der Waals surface area (Å²) in [4.78, 5) is 20.7. The lowest BCUT2D eigenvalue weighted by Gasteiger charge is -2.06. The second-order valence-electron chi connectivity index (χ2n) is 8.40. The number of rotatable bonds is 14. The molecule has 1 unspecified atom stereocenters. The fraction of sp³-hybridized carbons (Fsp3) is 0.600. The van der Waals surface area contributed by atoms with Gasteiger partial charge in [0.1, 0.15) is 0 Å². The number of aromatic hydroxyl groups is 3. The second-order valence-corrected chi connectivity index (χ2v) is 8.40. The largest absolute Gasteiger partial charge is 0.504 e. The van der Waals surface area contributed by atoms with Gasteiger partial charge in [-0.05, 0) is 43.7 Å². The first kappa shape index (κ1) is 27.3. The van der Waals surface area contributed by atoms with Gasteiger partial charge in [-0.2, -0.15) is 0 Å². The van der Waals surface area contributed by atoms with E-state index in [-0.39, 0.29) is 5.56 Å². The van der Waals surface area contributed by atoms with Crippen LogP contribution in [0.2, 0.25) is 0 Å². The lowest BCUT2D eigenvalue weighted by molar-refractivity contribution is -0.137. The molecule has 32 heavy (non-hydrogen) atoms. The molecule has 0 heterocycles. The number of carbonyl (C=O) groups is 2. The topological polar surface area (TPSA) is 135 Å². The van der Waals surface area contributed by atoms with E-state index in [1.54, 1.807) is 0 Å². The van der Waals surface area contributed by atoms with Crippen molar-refractivity contribution in [3.8, 4) is 17.2 Å². The van der Waals surface area contributed by atoms with Crippen LogP contribution in [-0.2, 0) is 4.79 Å². The summed E-state index contributed by atoms with van der Waals surface area (Å²) in [5.74, 6) is -3.10. The van der Waals surface area contributed by atoms with Crippen LogP contribution in [0.5, 0.6) is 17.2 Å². The summed E-state index contributed by atoms with van der Waals surface area (Å²) in [7, 11) is 0. The highest BCUT2D eigenvalue weighted by Crippen LogP contribution is 2.35. The highest BCUT2D eigenvalue weighted by molar-refractivity contribution is 5.89. The molecule has 0 saturated heterocycles. The van der Waals surface area contributed by atoms with Gasteiger partial charge in [-0.15, -0.1) is 0 Å². The van der Waals surface area contributed by atoms with E-state index in [2.05, 4.69) is 12.2 Å². The smallest absolute Gasteiger partial charge is 0.335 e. The Morgan fingerprint density at radius 3 is 1.72 bits per heavy atom.